The van der Waals surface area contributed by atoms with Crippen LogP contribution in [0.1, 0.15) is 25.0 Å². The van der Waals surface area contributed by atoms with Crippen LogP contribution in [0, 0.1) is 17.2 Å². The van der Waals surface area contributed by atoms with Gasteiger partial charge in [-0.1, -0.05) is 13.8 Å². The van der Waals surface area contributed by atoms with Crippen molar-refractivity contribution in [2.75, 3.05) is 44.8 Å². The average Bonchev–Trinajstić information content (AvgIpc) is 2.71. The Morgan fingerprint density at radius 2 is 2.03 bits per heavy atom. The Balaban J connectivity index is 2.37. The minimum Gasteiger partial charge on any atom is -0.383 e. The number of rotatable bonds is 6. The molecule has 1 heterocycles. The van der Waals surface area contributed by atoms with E-state index < -0.39 is 29.3 Å². The summed E-state index contributed by atoms with van der Waals surface area (Å²) in [6.07, 6.45) is -4.70. The van der Waals surface area contributed by atoms with Crippen molar-refractivity contribution in [3.63, 3.8) is 0 Å². The zero-order valence-corrected chi connectivity index (χ0v) is 17.1. The second-order valence-electron chi connectivity index (χ2n) is 7.27. The fraction of sp³-hybridized carbons (Fsp3) is 0.550. The Labute approximate surface area is 173 Å². The van der Waals surface area contributed by atoms with Gasteiger partial charge in [0.1, 0.15) is 6.04 Å². The molecular weight excluding hydrogens is 401 g/mol. The Kier molecular flexibility index (Phi) is 7.67. The number of hydrogen-bond donors (Lipinski definition) is 1. The van der Waals surface area contributed by atoms with Crippen molar-refractivity contribution in [3.05, 3.63) is 29.3 Å². The maximum absolute atomic E-state index is 13.4. The highest BCUT2D eigenvalue weighted by atomic mass is 19.4. The van der Waals surface area contributed by atoms with Crippen molar-refractivity contribution in [3.8, 4) is 6.07 Å². The van der Waals surface area contributed by atoms with Crippen molar-refractivity contribution in [2.24, 2.45) is 5.92 Å². The van der Waals surface area contributed by atoms with Gasteiger partial charge in [0, 0.05) is 38.3 Å². The van der Waals surface area contributed by atoms with Gasteiger partial charge < -0.3 is 19.9 Å². The molecule has 7 nitrogen and oxygen atoms in total. The van der Waals surface area contributed by atoms with Gasteiger partial charge in [0.2, 0.25) is 11.8 Å². The van der Waals surface area contributed by atoms with Gasteiger partial charge in [-0.15, -0.1) is 0 Å². The highest BCUT2D eigenvalue weighted by Gasteiger charge is 2.38. The number of carbonyl (C=O) groups is 2. The number of nitrogens with one attached hydrogen (secondary N) is 1. The molecule has 164 valence electrons. The number of alkyl halides is 3. The smallest absolute Gasteiger partial charge is 0.383 e. The Morgan fingerprint density at radius 1 is 1.33 bits per heavy atom. The number of benzene rings is 1. The van der Waals surface area contributed by atoms with Gasteiger partial charge in [0.25, 0.3) is 0 Å². The molecular formula is C20H25F3N4O3. The lowest BCUT2D eigenvalue weighted by molar-refractivity contribution is -0.138. The molecule has 1 unspecified atom stereocenters. The molecule has 1 aliphatic rings. The number of nitrogens with zero attached hydrogens (tertiary/aromatic N) is 3. The maximum Gasteiger partial charge on any atom is 0.417 e. The summed E-state index contributed by atoms with van der Waals surface area (Å²) in [6, 6.07) is 4.06. The third-order valence-electron chi connectivity index (χ3n) is 4.85. The lowest BCUT2D eigenvalue weighted by Crippen LogP contribution is -2.61. The van der Waals surface area contributed by atoms with Crippen LogP contribution in [0.25, 0.3) is 0 Å². The van der Waals surface area contributed by atoms with Crippen LogP contribution in [0.4, 0.5) is 18.9 Å². The zero-order valence-electron chi connectivity index (χ0n) is 17.1. The number of carbonyl (C=O) groups excluding carboxylic acids is 2. The summed E-state index contributed by atoms with van der Waals surface area (Å²) in [5.41, 5.74) is -1.37. The minimum absolute atomic E-state index is 0.0528. The van der Waals surface area contributed by atoms with E-state index in [0.717, 1.165) is 12.1 Å². The van der Waals surface area contributed by atoms with Crippen LogP contribution in [0.3, 0.4) is 0 Å². The van der Waals surface area contributed by atoms with Gasteiger partial charge in [-0.3, -0.25) is 9.59 Å². The topological polar surface area (TPSA) is 85.7 Å². The number of ether oxygens (including phenoxy) is 1. The number of piperazine rings is 1. The SMILES string of the molecule is COCCNC(=O)C1CN(C(=O)C(C)C)CCN1c1ccc(C#N)c(C(F)(F)F)c1. The molecule has 0 saturated carbocycles. The van der Waals surface area contributed by atoms with Crippen molar-refractivity contribution in [2.45, 2.75) is 26.1 Å². The van der Waals surface area contributed by atoms with Crippen LogP contribution >= 0.6 is 0 Å². The van der Waals surface area contributed by atoms with Crippen molar-refractivity contribution in [1.82, 2.24) is 10.2 Å². The summed E-state index contributed by atoms with van der Waals surface area (Å²) in [7, 11) is 1.48. The van der Waals surface area contributed by atoms with E-state index in [9.17, 15) is 22.8 Å². The van der Waals surface area contributed by atoms with Crippen molar-refractivity contribution < 1.29 is 27.5 Å². The highest BCUT2D eigenvalue weighted by molar-refractivity contribution is 5.87. The fourth-order valence-electron chi connectivity index (χ4n) is 3.32. The second-order valence-corrected chi connectivity index (χ2v) is 7.27. The standard InChI is InChI=1S/C20H25F3N4O3/c1-13(2)19(29)26-7-8-27(17(12-26)18(28)25-6-9-30-3)15-5-4-14(11-24)16(10-15)20(21,22)23/h4-5,10,13,17H,6-9,12H2,1-3H3,(H,25,28). The summed E-state index contributed by atoms with van der Waals surface area (Å²) in [5.74, 6) is -0.799. The first-order chi connectivity index (χ1) is 14.1. The predicted octanol–water partition coefficient (Wildman–Crippen LogP) is 2.01. The molecule has 2 amide bonds. The average molecular weight is 426 g/mol. The van der Waals surface area contributed by atoms with Crippen LogP contribution in [0.2, 0.25) is 0 Å². The monoisotopic (exact) mass is 426 g/mol. The number of halogens is 3. The van der Waals surface area contributed by atoms with Gasteiger partial charge in [0.15, 0.2) is 0 Å². The number of anilines is 1. The quantitative estimate of drug-likeness (QED) is 0.704. The van der Waals surface area contributed by atoms with Crippen LogP contribution in [-0.2, 0) is 20.5 Å². The zero-order chi connectivity index (χ0) is 22.5. The second kappa shape index (κ2) is 9.80. The molecule has 2 rings (SSSR count). The largest absolute Gasteiger partial charge is 0.417 e. The first kappa shape index (κ1) is 23.5. The molecule has 10 heteroatoms. The molecule has 1 aromatic carbocycles. The molecule has 1 saturated heterocycles. The molecule has 1 fully saturated rings. The Morgan fingerprint density at radius 3 is 2.60 bits per heavy atom. The molecule has 1 atom stereocenters. The lowest BCUT2D eigenvalue weighted by atomic mass is 10.0. The molecule has 0 aliphatic carbocycles. The van der Waals surface area contributed by atoms with Gasteiger partial charge in [-0.05, 0) is 18.2 Å². The number of nitriles is 1. The van der Waals surface area contributed by atoms with Crippen molar-refractivity contribution in [1.29, 1.82) is 5.26 Å². The van der Waals surface area contributed by atoms with Gasteiger partial charge in [-0.25, -0.2) is 0 Å². The first-order valence-corrected chi connectivity index (χ1v) is 9.53. The van der Waals surface area contributed by atoms with E-state index >= 15 is 0 Å². The normalized spacial score (nSPS) is 17.1. The third kappa shape index (κ3) is 5.42. The van der Waals surface area contributed by atoms with Gasteiger partial charge >= 0.3 is 6.18 Å². The Hall–Kier alpha value is -2.80. The molecule has 30 heavy (non-hydrogen) atoms. The van der Waals surface area contributed by atoms with E-state index in [1.54, 1.807) is 29.7 Å². The number of amides is 2. The number of methoxy groups -OCH3 is 1. The van der Waals surface area contributed by atoms with Crippen LogP contribution in [-0.4, -0.2) is 62.7 Å². The van der Waals surface area contributed by atoms with E-state index in [1.165, 1.54) is 13.2 Å². The Bertz CT molecular complexity index is 820. The molecule has 1 aromatic rings. The molecule has 1 N–H and O–H groups in total. The summed E-state index contributed by atoms with van der Waals surface area (Å²) in [4.78, 5) is 28.3. The summed E-state index contributed by atoms with van der Waals surface area (Å²) < 4.78 is 45.1. The van der Waals surface area contributed by atoms with Crippen LogP contribution < -0.4 is 10.2 Å². The summed E-state index contributed by atoms with van der Waals surface area (Å²) >= 11 is 0. The predicted molar refractivity (Wildman–Crippen MR) is 104 cm³/mol. The van der Waals surface area contributed by atoms with E-state index in [2.05, 4.69) is 5.32 Å². The van der Waals surface area contributed by atoms with Crippen LogP contribution in [0.5, 0.6) is 0 Å². The molecule has 0 spiro atoms. The van der Waals surface area contributed by atoms with Gasteiger partial charge in [0.05, 0.1) is 30.3 Å². The van der Waals surface area contributed by atoms with Crippen molar-refractivity contribution >= 4 is 17.5 Å². The third-order valence-corrected chi connectivity index (χ3v) is 4.85. The summed E-state index contributed by atoms with van der Waals surface area (Å²) in [6.45, 7) is 4.53. The molecule has 0 radical (unpaired) electrons. The fourth-order valence-corrected chi connectivity index (χ4v) is 3.32. The minimum atomic E-state index is -4.70. The summed E-state index contributed by atoms with van der Waals surface area (Å²) in [5, 5.41) is 11.7. The van der Waals surface area contributed by atoms with Crippen LogP contribution in [0.15, 0.2) is 18.2 Å². The van der Waals surface area contributed by atoms with E-state index in [0.29, 0.717) is 0 Å². The highest BCUT2D eigenvalue weighted by Crippen LogP contribution is 2.35. The number of hydrogen-bond acceptors (Lipinski definition) is 5. The maximum atomic E-state index is 13.4. The molecule has 0 bridgehead atoms. The van der Waals surface area contributed by atoms with Gasteiger partial charge in [-0.2, -0.15) is 18.4 Å². The first-order valence-electron chi connectivity index (χ1n) is 9.53. The van der Waals surface area contributed by atoms with E-state index in [4.69, 9.17) is 10.00 Å². The lowest BCUT2D eigenvalue weighted by Gasteiger charge is -2.42. The molecule has 1 aliphatic heterocycles. The molecule has 0 aromatic heterocycles. The van der Waals surface area contributed by atoms with E-state index in [1.807, 2.05) is 0 Å². The van der Waals surface area contributed by atoms with E-state index in [-0.39, 0.29) is 50.3 Å².